The van der Waals surface area contributed by atoms with Gasteiger partial charge in [-0.3, -0.25) is 0 Å². The third-order valence-electron chi connectivity index (χ3n) is 3.07. The summed E-state index contributed by atoms with van der Waals surface area (Å²) in [5, 5.41) is 3.73. The van der Waals surface area contributed by atoms with Crippen LogP contribution in [0.4, 0.5) is 4.39 Å². The molecule has 1 unspecified atom stereocenters. The molecule has 0 saturated carbocycles. The third kappa shape index (κ3) is 3.89. The number of benzene rings is 2. The first-order valence-electron chi connectivity index (χ1n) is 6.21. The van der Waals surface area contributed by atoms with Crippen LogP contribution in [0.3, 0.4) is 0 Å². The van der Waals surface area contributed by atoms with Gasteiger partial charge in [-0.05, 0) is 53.7 Å². The zero-order chi connectivity index (χ0) is 15.6. The Bertz CT molecular complexity index is 666. The van der Waals surface area contributed by atoms with Crippen molar-refractivity contribution in [2.75, 3.05) is 7.05 Å². The maximum Gasteiger partial charge on any atom is 0.145 e. The molecule has 0 aromatic heterocycles. The molecule has 0 aliphatic carbocycles. The van der Waals surface area contributed by atoms with E-state index in [4.69, 9.17) is 27.9 Å². The molecule has 0 amide bonds. The van der Waals surface area contributed by atoms with Crippen molar-refractivity contribution in [3.05, 3.63) is 56.2 Å². The monoisotopic (exact) mass is 391 g/mol. The highest BCUT2D eigenvalue weighted by Crippen LogP contribution is 2.35. The number of rotatable bonds is 4. The Morgan fingerprint density at radius 3 is 2.52 bits per heavy atom. The highest BCUT2D eigenvalue weighted by Gasteiger charge is 2.12. The van der Waals surface area contributed by atoms with Crippen LogP contribution < -0.4 is 10.1 Å². The van der Waals surface area contributed by atoms with E-state index in [1.165, 1.54) is 12.1 Å². The minimum Gasteiger partial charge on any atom is -0.456 e. The minimum atomic E-state index is -0.540. The molecule has 0 fully saturated rings. The summed E-state index contributed by atoms with van der Waals surface area (Å²) >= 11 is 15.2. The van der Waals surface area contributed by atoms with Crippen LogP contribution in [-0.2, 0) is 0 Å². The molecule has 0 heterocycles. The lowest BCUT2D eigenvalue weighted by Crippen LogP contribution is -2.12. The van der Waals surface area contributed by atoms with Crippen molar-refractivity contribution in [1.82, 2.24) is 5.32 Å². The number of hydrogen-bond donors (Lipinski definition) is 1. The van der Waals surface area contributed by atoms with Gasteiger partial charge in [0.25, 0.3) is 0 Å². The summed E-state index contributed by atoms with van der Waals surface area (Å²) in [6.45, 7) is 2.01. The highest BCUT2D eigenvalue weighted by atomic mass is 79.9. The lowest BCUT2D eigenvalue weighted by atomic mass is 10.1. The molecule has 0 aliphatic heterocycles. The average Bonchev–Trinajstić information content (AvgIpc) is 2.44. The fourth-order valence-corrected chi connectivity index (χ4v) is 2.84. The first-order chi connectivity index (χ1) is 9.92. The van der Waals surface area contributed by atoms with Crippen molar-refractivity contribution in [2.24, 2.45) is 0 Å². The van der Waals surface area contributed by atoms with Crippen LogP contribution in [0, 0.1) is 5.82 Å². The molecule has 21 heavy (non-hydrogen) atoms. The van der Waals surface area contributed by atoms with Crippen molar-refractivity contribution in [1.29, 1.82) is 0 Å². The Balaban J connectivity index is 2.29. The third-order valence-corrected chi connectivity index (χ3v) is 4.31. The summed E-state index contributed by atoms with van der Waals surface area (Å²) in [6.07, 6.45) is 0. The zero-order valence-electron chi connectivity index (χ0n) is 11.4. The van der Waals surface area contributed by atoms with Gasteiger partial charge < -0.3 is 10.1 Å². The Morgan fingerprint density at radius 1 is 1.19 bits per heavy atom. The molecule has 1 N–H and O–H groups in total. The molecule has 2 aromatic carbocycles. The van der Waals surface area contributed by atoms with E-state index < -0.39 is 5.82 Å². The van der Waals surface area contributed by atoms with Crippen molar-refractivity contribution >= 4 is 39.1 Å². The fraction of sp³-hybridized carbons (Fsp3) is 0.200. The van der Waals surface area contributed by atoms with E-state index in [1.807, 2.05) is 20.0 Å². The Hall–Kier alpha value is -0.810. The van der Waals surface area contributed by atoms with E-state index in [0.29, 0.717) is 21.0 Å². The number of ether oxygens (including phenoxy) is 1. The van der Waals surface area contributed by atoms with Crippen LogP contribution in [0.25, 0.3) is 0 Å². The predicted molar refractivity (Wildman–Crippen MR) is 88.1 cm³/mol. The molecule has 0 spiro atoms. The van der Waals surface area contributed by atoms with Crippen LogP contribution in [0.15, 0.2) is 34.8 Å². The van der Waals surface area contributed by atoms with Gasteiger partial charge in [0.15, 0.2) is 0 Å². The molecule has 2 rings (SSSR count). The quantitative estimate of drug-likeness (QED) is 0.647. The molecule has 0 aliphatic rings. The number of nitrogens with one attached hydrogen (secondary N) is 1. The van der Waals surface area contributed by atoms with Crippen LogP contribution in [-0.4, -0.2) is 7.05 Å². The molecule has 6 heteroatoms. The van der Waals surface area contributed by atoms with Gasteiger partial charge in [0, 0.05) is 17.1 Å². The van der Waals surface area contributed by atoms with Gasteiger partial charge in [-0.15, -0.1) is 0 Å². The normalized spacial score (nSPS) is 12.3. The molecule has 0 saturated heterocycles. The lowest BCUT2D eigenvalue weighted by Gasteiger charge is -2.14. The van der Waals surface area contributed by atoms with E-state index in [-0.39, 0.29) is 11.1 Å². The van der Waals surface area contributed by atoms with Crippen LogP contribution >= 0.6 is 39.1 Å². The lowest BCUT2D eigenvalue weighted by molar-refractivity contribution is 0.473. The van der Waals surface area contributed by atoms with Gasteiger partial charge in [0.05, 0.1) is 9.50 Å². The van der Waals surface area contributed by atoms with Crippen molar-refractivity contribution in [3.8, 4) is 11.5 Å². The number of halogens is 4. The standard InChI is InChI=1S/C15H13BrCl2FNO/c1-8(20-2)10-4-3-9(5-12(10)17)21-15-7-14(19)13(18)6-11(15)16/h3-8,20H,1-2H3. The summed E-state index contributed by atoms with van der Waals surface area (Å²) < 4.78 is 19.7. The minimum absolute atomic E-state index is 0.0328. The summed E-state index contributed by atoms with van der Waals surface area (Å²) in [5.74, 6) is 0.318. The van der Waals surface area contributed by atoms with Crippen molar-refractivity contribution in [3.63, 3.8) is 0 Å². The summed E-state index contributed by atoms with van der Waals surface area (Å²) in [7, 11) is 1.86. The van der Waals surface area contributed by atoms with Gasteiger partial charge in [-0.2, -0.15) is 0 Å². The second kappa shape index (κ2) is 6.97. The van der Waals surface area contributed by atoms with Gasteiger partial charge >= 0.3 is 0 Å². The summed E-state index contributed by atoms with van der Waals surface area (Å²) in [4.78, 5) is 0. The first kappa shape index (κ1) is 16.6. The summed E-state index contributed by atoms with van der Waals surface area (Å²) in [5.41, 5.74) is 0.966. The van der Waals surface area contributed by atoms with Gasteiger partial charge in [0.1, 0.15) is 17.3 Å². The van der Waals surface area contributed by atoms with E-state index >= 15 is 0 Å². The second-order valence-electron chi connectivity index (χ2n) is 4.49. The maximum absolute atomic E-state index is 13.5. The van der Waals surface area contributed by atoms with E-state index in [2.05, 4.69) is 21.2 Å². The average molecular weight is 393 g/mol. The highest BCUT2D eigenvalue weighted by molar-refractivity contribution is 9.10. The van der Waals surface area contributed by atoms with Crippen LogP contribution in [0.1, 0.15) is 18.5 Å². The van der Waals surface area contributed by atoms with E-state index in [1.54, 1.807) is 12.1 Å². The molecule has 112 valence electrons. The molecule has 0 bridgehead atoms. The van der Waals surface area contributed by atoms with Gasteiger partial charge in [-0.25, -0.2) is 4.39 Å². The van der Waals surface area contributed by atoms with Gasteiger partial charge in [-0.1, -0.05) is 29.3 Å². The molecule has 2 nitrogen and oxygen atoms in total. The van der Waals surface area contributed by atoms with E-state index in [0.717, 1.165) is 5.56 Å². The molecular formula is C15H13BrCl2FNO. The summed E-state index contributed by atoms with van der Waals surface area (Å²) in [6, 6.07) is 8.16. The SMILES string of the molecule is CNC(C)c1ccc(Oc2cc(F)c(Cl)cc2Br)cc1Cl. The van der Waals surface area contributed by atoms with Gasteiger partial charge in [0.2, 0.25) is 0 Å². The van der Waals surface area contributed by atoms with Crippen LogP contribution in [0.5, 0.6) is 11.5 Å². The van der Waals surface area contributed by atoms with Crippen molar-refractivity contribution in [2.45, 2.75) is 13.0 Å². The molecule has 1 atom stereocenters. The largest absolute Gasteiger partial charge is 0.456 e. The fourth-order valence-electron chi connectivity index (χ4n) is 1.79. The molecule has 2 aromatic rings. The number of hydrogen-bond acceptors (Lipinski definition) is 2. The second-order valence-corrected chi connectivity index (χ2v) is 6.16. The topological polar surface area (TPSA) is 21.3 Å². The Morgan fingerprint density at radius 2 is 1.90 bits per heavy atom. The molecule has 0 radical (unpaired) electrons. The molecular weight excluding hydrogens is 380 g/mol. The Labute approximate surface area is 141 Å². The predicted octanol–water partition coefficient (Wildman–Crippen LogP) is 5.97. The van der Waals surface area contributed by atoms with Crippen molar-refractivity contribution < 1.29 is 9.13 Å². The Kier molecular flexibility index (Phi) is 5.49. The maximum atomic E-state index is 13.5. The first-order valence-corrected chi connectivity index (χ1v) is 7.76. The zero-order valence-corrected chi connectivity index (χ0v) is 14.5. The van der Waals surface area contributed by atoms with E-state index in [9.17, 15) is 4.39 Å². The smallest absolute Gasteiger partial charge is 0.145 e. The van der Waals surface area contributed by atoms with Crippen LogP contribution in [0.2, 0.25) is 10.0 Å².